The number of ether oxygens (including phenoxy) is 1. The lowest BCUT2D eigenvalue weighted by Crippen LogP contribution is -2.27. The highest BCUT2D eigenvalue weighted by molar-refractivity contribution is 7.52. The van der Waals surface area contributed by atoms with E-state index in [0.29, 0.717) is 6.54 Å². The van der Waals surface area contributed by atoms with Crippen molar-refractivity contribution in [3.8, 4) is 5.75 Å². The minimum atomic E-state index is -3.60. The number of carbonyl (C=O) groups is 1. The molecule has 1 aromatic rings. The number of para-hydroxylation sites is 1. The summed E-state index contributed by atoms with van der Waals surface area (Å²) in [6, 6.07) is 6.53. The zero-order valence-electron chi connectivity index (χ0n) is 15.3. The maximum atomic E-state index is 12.9. The second-order valence-corrected chi connectivity index (χ2v) is 8.60. The van der Waals surface area contributed by atoms with Crippen molar-refractivity contribution in [3.63, 3.8) is 0 Å². The van der Waals surface area contributed by atoms with Gasteiger partial charge in [0.1, 0.15) is 11.3 Å². The molecule has 0 spiro atoms. The van der Waals surface area contributed by atoms with E-state index in [4.69, 9.17) is 13.8 Å². The molecule has 7 heteroatoms. The fourth-order valence-electron chi connectivity index (χ4n) is 1.73. The second kappa shape index (κ2) is 8.65. The summed E-state index contributed by atoms with van der Waals surface area (Å²) in [5.74, 6) is -0.360. The smallest absolute Gasteiger partial charge is 0.458 e. The maximum absolute atomic E-state index is 12.9. The molecule has 0 saturated heterocycles. The summed E-state index contributed by atoms with van der Waals surface area (Å²) in [6.45, 7) is 11.9. The molecular formula is C17H28NO5P. The molecule has 1 atom stereocenters. The monoisotopic (exact) mass is 357 g/mol. The lowest BCUT2D eigenvalue weighted by atomic mass is 9.98. The van der Waals surface area contributed by atoms with Gasteiger partial charge in [0.15, 0.2) is 0 Å². The summed E-state index contributed by atoms with van der Waals surface area (Å²) >= 11 is 0. The van der Waals surface area contributed by atoms with E-state index in [1.54, 1.807) is 45.0 Å². The van der Waals surface area contributed by atoms with E-state index >= 15 is 0 Å². The van der Waals surface area contributed by atoms with Gasteiger partial charge in [-0.05, 0) is 38.3 Å². The quantitative estimate of drug-likeness (QED) is 0.549. The fourth-order valence-corrected chi connectivity index (χ4v) is 3.36. The minimum Gasteiger partial charge on any atom is -0.459 e. The van der Waals surface area contributed by atoms with Crippen molar-refractivity contribution in [2.45, 2.75) is 47.6 Å². The van der Waals surface area contributed by atoms with Gasteiger partial charge in [-0.15, -0.1) is 0 Å². The van der Waals surface area contributed by atoms with E-state index in [2.05, 4.69) is 5.09 Å². The number of hydrogen-bond donors (Lipinski definition) is 1. The zero-order valence-corrected chi connectivity index (χ0v) is 16.2. The van der Waals surface area contributed by atoms with E-state index in [1.807, 2.05) is 20.8 Å². The van der Waals surface area contributed by atoms with Crippen LogP contribution in [0, 0.1) is 5.41 Å². The molecule has 0 aliphatic rings. The Balaban J connectivity index is 3.02. The van der Waals surface area contributed by atoms with Gasteiger partial charge in [0.2, 0.25) is 0 Å². The topological polar surface area (TPSA) is 73.9 Å². The second-order valence-electron chi connectivity index (χ2n) is 6.85. The van der Waals surface area contributed by atoms with Crippen LogP contribution in [0.2, 0.25) is 0 Å². The molecule has 0 amide bonds. The maximum Gasteiger partial charge on any atom is 0.458 e. The number of carbonyl (C=O) groups excluding carboxylic acids is 1. The number of nitrogens with one attached hydrogen (secondary N) is 1. The van der Waals surface area contributed by atoms with E-state index in [-0.39, 0.29) is 29.4 Å². The molecule has 0 fully saturated rings. The van der Waals surface area contributed by atoms with Crippen LogP contribution in [0.4, 0.5) is 0 Å². The van der Waals surface area contributed by atoms with Gasteiger partial charge in [-0.1, -0.05) is 32.9 Å². The lowest BCUT2D eigenvalue weighted by Gasteiger charge is -2.25. The number of hydrogen-bond acceptors (Lipinski definition) is 5. The summed E-state index contributed by atoms with van der Waals surface area (Å²) in [7, 11) is -3.60. The first-order chi connectivity index (χ1) is 11.1. The summed E-state index contributed by atoms with van der Waals surface area (Å²) < 4.78 is 29.0. The SMILES string of the molecule is CCOP(=O)(NCC(C)(C)C)Oc1ccccc1C(=O)OC(C)C. The molecule has 0 heterocycles. The van der Waals surface area contributed by atoms with Crippen LogP contribution < -0.4 is 9.61 Å². The Hall–Kier alpha value is -1.36. The first-order valence-electron chi connectivity index (χ1n) is 8.05. The zero-order chi connectivity index (χ0) is 18.4. The van der Waals surface area contributed by atoms with Crippen molar-refractivity contribution in [2.75, 3.05) is 13.2 Å². The molecule has 1 unspecified atom stereocenters. The average molecular weight is 357 g/mol. The highest BCUT2D eigenvalue weighted by atomic mass is 31.2. The fraction of sp³-hybridized carbons (Fsp3) is 0.588. The summed E-state index contributed by atoms with van der Waals surface area (Å²) in [4.78, 5) is 12.2. The van der Waals surface area contributed by atoms with Crippen molar-refractivity contribution < 1.29 is 23.1 Å². The first kappa shape index (κ1) is 20.7. The average Bonchev–Trinajstić information content (AvgIpc) is 2.44. The molecule has 0 bridgehead atoms. The molecule has 1 aromatic carbocycles. The Labute approximate surface area is 144 Å². The Morgan fingerprint density at radius 1 is 1.25 bits per heavy atom. The van der Waals surface area contributed by atoms with Crippen molar-refractivity contribution in [2.24, 2.45) is 5.41 Å². The van der Waals surface area contributed by atoms with Gasteiger partial charge in [0.05, 0.1) is 12.7 Å². The van der Waals surface area contributed by atoms with Gasteiger partial charge in [0.25, 0.3) is 0 Å². The Morgan fingerprint density at radius 3 is 2.42 bits per heavy atom. The van der Waals surface area contributed by atoms with Gasteiger partial charge >= 0.3 is 13.7 Å². The Bertz CT molecular complexity index is 595. The first-order valence-corrected chi connectivity index (χ1v) is 9.60. The van der Waals surface area contributed by atoms with Crippen molar-refractivity contribution in [1.29, 1.82) is 0 Å². The molecule has 0 aliphatic carbocycles. The van der Waals surface area contributed by atoms with Crippen LogP contribution in [-0.2, 0) is 13.8 Å². The molecule has 1 rings (SSSR count). The van der Waals surface area contributed by atoms with Gasteiger partial charge < -0.3 is 9.26 Å². The largest absolute Gasteiger partial charge is 0.459 e. The molecule has 0 aromatic heterocycles. The van der Waals surface area contributed by atoms with E-state index in [0.717, 1.165) is 0 Å². The Morgan fingerprint density at radius 2 is 1.88 bits per heavy atom. The summed E-state index contributed by atoms with van der Waals surface area (Å²) in [6.07, 6.45) is -0.261. The molecule has 1 N–H and O–H groups in total. The van der Waals surface area contributed by atoms with Crippen LogP contribution >= 0.6 is 7.75 Å². The van der Waals surface area contributed by atoms with Crippen LogP contribution in [0.5, 0.6) is 5.75 Å². The standard InChI is InChI=1S/C17H28NO5P/c1-7-21-24(20,18-12-17(4,5)6)23-15-11-9-8-10-14(15)16(19)22-13(2)3/h8-11,13H,7,12H2,1-6H3,(H,18,20). The summed E-state index contributed by atoms with van der Waals surface area (Å²) in [5.41, 5.74) is 0.107. The van der Waals surface area contributed by atoms with Crippen LogP contribution in [0.15, 0.2) is 24.3 Å². The van der Waals surface area contributed by atoms with E-state index in [9.17, 15) is 9.36 Å². The molecule has 0 radical (unpaired) electrons. The van der Waals surface area contributed by atoms with Gasteiger partial charge in [-0.3, -0.25) is 4.52 Å². The highest BCUT2D eigenvalue weighted by Crippen LogP contribution is 2.45. The van der Waals surface area contributed by atoms with Gasteiger partial charge in [-0.2, -0.15) is 0 Å². The highest BCUT2D eigenvalue weighted by Gasteiger charge is 2.30. The lowest BCUT2D eigenvalue weighted by molar-refractivity contribution is 0.0375. The van der Waals surface area contributed by atoms with Crippen LogP contribution in [0.25, 0.3) is 0 Å². The van der Waals surface area contributed by atoms with Crippen molar-refractivity contribution in [3.05, 3.63) is 29.8 Å². The molecule has 24 heavy (non-hydrogen) atoms. The molecule has 136 valence electrons. The molecular weight excluding hydrogens is 329 g/mol. The van der Waals surface area contributed by atoms with Crippen molar-refractivity contribution in [1.82, 2.24) is 5.09 Å². The number of esters is 1. The van der Waals surface area contributed by atoms with Crippen LogP contribution in [-0.4, -0.2) is 25.2 Å². The van der Waals surface area contributed by atoms with Crippen LogP contribution in [0.3, 0.4) is 0 Å². The van der Waals surface area contributed by atoms with E-state index in [1.165, 1.54) is 0 Å². The molecule has 0 aliphatic heterocycles. The van der Waals surface area contributed by atoms with Crippen LogP contribution in [0.1, 0.15) is 51.9 Å². The van der Waals surface area contributed by atoms with Gasteiger partial charge in [0, 0.05) is 6.54 Å². The molecule has 0 saturated carbocycles. The van der Waals surface area contributed by atoms with Crippen molar-refractivity contribution >= 4 is 13.7 Å². The Kier molecular flexibility index (Phi) is 7.46. The minimum absolute atomic E-state index is 0.105. The molecule has 6 nitrogen and oxygen atoms in total. The number of benzene rings is 1. The third-order valence-electron chi connectivity index (χ3n) is 2.77. The third-order valence-corrected chi connectivity index (χ3v) is 4.35. The normalized spacial score (nSPS) is 14.3. The predicted octanol–water partition coefficient (Wildman–Crippen LogP) is 4.41. The number of rotatable bonds is 8. The summed E-state index contributed by atoms with van der Waals surface area (Å²) in [5, 5.41) is 2.85. The predicted molar refractivity (Wildman–Crippen MR) is 94.3 cm³/mol. The van der Waals surface area contributed by atoms with Gasteiger partial charge in [-0.25, -0.2) is 14.4 Å². The van der Waals surface area contributed by atoms with E-state index < -0.39 is 13.7 Å². The third kappa shape index (κ3) is 7.04.